The molecule has 0 unspecified atom stereocenters. The quantitative estimate of drug-likeness (QED) is 0.624. The van der Waals surface area contributed by atoms with E-state index < -0.39 is 0 Å². The molecule has 3 heteroatoms. The molecule has 12 heavy (non-hydrogen) atoms. The van der Waals surface area contributed by atoms with E-state index in [9.17, 15) is 0 Å². The smallest absolute Gasteiger partial charge is 0.189 e. The van der Waals surface area contributed by atoms with Crippen molar-refractivity contribution in [1.29, 1.82) is 0 Å². The van der Waals surface area contributed by atoms with Gasteiger partial charge in [-0.25, -0.2) is 0 Å². The average Bonchev–Trinajstić information content (AvgIpc) is 2.92. The standard InChI is InChI=1S/C9H15N3/c10-8-11-5-9(12-8,6-1-2-6)7-3-4-7/h6-7H,1-5H2,(H3,10,11,12). The highest BCUT2D eigenvalue weighted by Gasteiger charge is 2.56. The van der Waals surface area contributed by atoms with E-state index in [1.807, 2.05) is 0 Å². The van der Waals surface area contributed by atoms with Crippen molar-refractivity contribution in [3.8, 4) is 0 Å². The Bertz CT molecular complexity index is 226. The molecule has 2 aliphatic carbocycles. The lowest BCUT2D eigenvalue weighted by Crippen LogP contribution is -2.51. The zero-order chi connectivity index (χ0) is 8.18. The summed E-state index contributed by atoms with van der Waals surface area (Å²) in [6.45, 7) is 0.939. The van der Waals surface area contributed by atoms with Crippen LogP contribution in [0.1, 0.15) is 25.7 Å². The molecule has 2 saturated carbocycles. The maximum atomic E-state index is 5.68. The Morgan fingerprint density at radius 1 is 1.25 bits per heavy atom. The molecule has 0 atom stereocenters. The summed E-state index contributed by atoms with van der Waals surface area (Å²) in [7, 11) is 0. The predicted octanol–water partition coefficient (Wildman–Crippen LogP) is 0.463. The van der Waals surface area contributed by atoms with Crippen molar-refractivity contribution in [3.05, 3.63) is 0 Å². The number of nitrogens with two attached hydrogens (primary N) is 1. The predicted molar refractivity (Wildman–Crippen MR) is 47.8 cm³/mol. The maximum Gasteiger partial charge on any atom is 0.189 e. The van der Waals surface area contributed by atoms with Crippen LogP contribution in [0.15, 0.2) is 4.99 Å². The van der Waals surface area contributed by atoms with Gasteiger partial charge in [0, 0.05) is 0 Å². The normalized spacial score (nSPS) is 32.8. The van der Waals surface area contributed by atoms with Crippen LogP contribution >= 0.6 is 0 Å². The summed E-state index contributed by atoms with van der Waals surface area (Å²) < 4.78 is 0. The number of aliphatic imine (C=N–C) groups is 1. The van der Waals surface area contributed by atoms with E-state index in [4.69, 9.17) is 5.73 Å². The third kappa shape index (κ3) is 0.793. The van der Waals surface area contributed by atoms with Crippen molar-refractivity contribution in [2.75, 3.05) is 6.54 Å². The number of nitrogens with zero attached hydrogens (tertiary/aromatic N) is 1. The van der Waals surface area contributed by atoms with Gasteiger partial charge in [0.05, 0.1) is 12.1 Å². The summed E-state index contributed by atoms with van der Waals surface area (Å²) in [6.07, 6.45) is 5.52. The summed E-state index contributed by atoms with van der Waals surface area (Å²) >= 11 is 0. The zero-order valence-corrected chi connectivity index (χ0v) is 7.21. The van der Waals surface area contributed by atoms with Crippen molar-refractivity contribution < 1.29 is 0 Å². The van der Waals surface area contributed by atoms with E-state index in [1.54, 1.807) is 0 Å². The Morgan fingerprint density at radius 3 is 2.17 bits per heavy atom. The van der Waals surface area contributed by atoms with Gasteiger partial charge in [-0.05, 0) is 37.5 Å². The SMILES string of the molecule is NC1=NCC(C2CC2)(C2CC2)N1. The first-order valence-corrected chi connectivity index (χ1v) is 4.89. The number of hydrogen-bond donors (Lipinski definition) is 2. The molecular weight excluding hydrogens is 150 g/mol. The van der Waals surface area contributed by atoms with Crippen LogP contribution in [0.5, 0.6) is 0 Å². The summed E-state index contributed by atoms with van der Waals surface area (Å²) in [6, 6.07) is 0. The second-order valence-corrected chi connectivity index (χ2v) is 4.42. The molecule has 0 spiro atoms. The fourth-order valence-corrected chi connectivity index (χ4v) is 2.53. The van der Waals surface area contributed by atoms with Crippen LogP contribution in [-0.4, -0.2) is 18.0 Å². The first-order chi connectivity index (χ1) is 5.81. The minimum Gasteiger partial charge on any atom is -0.370 e. The lowest BCUT2D eigenvalue weighted by atomic mass is 9.88. The molecule has 3 aliphatic rings. The largest absolute Gasteiger partial charge is 0.370 e. The van der Waals surface area contributed by atoms with Crippen LogP contribution < -0.4 is 11.1 Å². The molecule has 0 amide bonds. The van der Waals surface area contributed by atoms with Gasteiger partial charge in [-0.15, -0.1) is 0 Å². The van der Waals surface area contributed by atoms with Gasteiger partial charge < -0.3 is 11.1 Å². The molecule has 1 heterocycles. The van der Waals surface area contributed by atoms with Gasteiger partial charge >= 0.3 is 0 Å². The Morgan fingerprint density at radius 2 is 1.83 bits per heavy atom. The van der Waals surface area contributed by atoms with E-state index in [2.05, 4.69) is 10.3 Å². The molecule has 0 aromatic rings. The van der Waals surface area contributed by atoms with Crippen LogP contribution in [0.2, 0.25) is 0 Å². The Labute approximate surface area is 72.4 Å². The summed E-state index contributed by atoms with van der Waals surface area (Å²) in [5.41, 5.74) is 5.99. The molecule has 0 aromatic heterocycles. The third-order valence-electron chi connectivity index (χ3n) is 3.48. The van der Waals surface area contributed by atoms with Gasteiger partial charge in [-0.1, -0.05) is 0 Å². The molecule has 0 radical (unpaired) electrons. The molecule has 3 nitrogen and oxygen atoms in total. The maximum absolute atomic E-state index is 5.68. The molecule has 0 bridgehead atoms. The fourth-order valence-electron chi connectivity index (χ4n) is 2.53. The highest BCUT2D eigenvalue weighted by Crippen LogP contribution is 2.53. The van der Waals surface area contributed by atoms with Crippen LogP contribution in [0.25, 0.3) is 0 Å². The average molecular weight is 165 g/mol. The fraction of sp³-hybridized carbons (Fsp3) is 0.889. The number of hydrogen-bond acceptors (Lipinski definition) is 3. The van der Waals surface area contributed by atoms with Crippen LogP contribution in [0, 0.1) is 11.8 Å². The van der Waals surface area contributed by atoms with Gasteiger partial charge in [0.15, 0.2) is 5.96 Å². The molecular formula is C9H15N3. The number of guanidine groups is 1. The lowest BCUT2D eigenvalue weighted by Gasteiger charge is -2.29. The third-order valence-corrected chi connectivity index (χ3v) is 3.48. The lowest BCUT2D eigenvalue weighted by molar-refractivity contribution is 0.311. The van der Waals surface area contributed by atoms with Gasteiger partial charge in [0.2, 0.25) is 0 Å². The molecule has 3 rings (SSSR count). The van der Waals surface area contributed by atoms with E-state index in [1.165, 1.54) is 25.7 Å². The first-order valence-electron chi connectivity index (χ1n) is 4.89. The highest BCUT2D eigenvalue weighted by atomic mass is 15.2. The molecule has 66 valence electrons. The summed E-state index contributed by atoms with van der Waals surface area (Å²) in [4.78, 5) is 4.30. The van der Waals surface area contributed by atoms with Crippen molar-refractivity contribution in [3.63, 3.8) is 0 Å². The van der Waals surface area contributed by atoms with Gasteiger partial charge in [-0.3, -0.25) is 4.99 Å². The number of nitrogens with one attached hydrogen (secondary N) is 1. The van der Waals surface area contributed by atoms with E-state index in [0.717, 1.165) is 18.4 Å². The Kier molecular flexibility index (Phi) is 1.10. The van der Waals surface area contributed by atoms with E-state index >= 15 is 0 Å². The zero-order valence-electron chi connectivity index (χ0n) is 7.21. The molecule has 2 fully saturated rings. The van der Waals surface area contributed by atoms with Crippen molar-refractivity contribution in [2.45, 2.75) is 31.2 Å². The van der Waals surface area contributed by atoms with Crippen LogP contribution in [-0.2, 0) is 0 Å². The second kappa shape index (κ2) is 1.95. The molecule has 0 aromatic carbocycles. The van der Waals surface area contributed by atoms with Crippen molar-refractivity contribution in [2.24, 2.45) is 22.6 Å². The van der Waals surface area contributed by atoms with Crippen LogP contribution in [0.4, 0.5) is 0 Å². The number of rotatable bonds is 2. The van der Waals surface area contributed by atoms with Gasteiger partial charge in [0.25, 0.3) is 0 Å². The molecule has 0 saturated heterocycles. The van der Waals surface area contributed by atoms with Gasteiger partial charge in [-0.2, -0.15) is 0 Å². The Balaban J connectivity index is 1.84. The van der Waals surface area contributed by atoms with Crippen LogP contribution in [0.3, 0.4) is 0 Å². The summed E-state index contributed by atoms with van der Waals surface area (Å²) in [5.74, 6) is 2.42. The second-order valence-electron chi connectivity index (χ2n) is 4.42. The van der Waals surface area contributed by atoms with Gasteiger partial charge in [0.1, 0.15) is 0 Å². The highest BCUT2D eigenvalue weighted by molar-refractivity contribution is 5.81. The molecule has 3 N–H and O–H groups in total. The Hall–Kier alpha value is -0.730. The minimum atomic E-state index is 0.310. The van der Waals surface area contributed by atoms with Crippen molar-refractivity contribution >= 4 is 5.96 Å². The monoisotopic (exact) mass is 165 g/mol. The topological polar surface area (TPSA) is 50.4 Å². The summed E-state index contributed by atoms with van der Waals surface area (Å²) in [5, 5.41) is 3.42. The van der Waals surface area contributed by atoms with E-state index in [-0.39, 0.29) is 0 Å². The minimum absolute atomic E-state index is 0.310. The molecule has 1 aliphatic heterocycles. The first kappa shape index (κ1) is 6.75. The van der Waals surface area contributed by atoms with E-state index in [0.29, 0.717) is 11.5 Å². The van der Waals surface area contributed by atoms with Crippen molar-refractivity contribution in [1.82, 2.24) is 5.32 Å².